The molecule has 1 aliphatic heterocycles. The Morgan fingerprint density at radius 3 is 2.45 bits per heavy atom. The highest BCUT2D eigenvalue weighted by molar-refractivity contribution is 5.31. The molecule has 0 bridgehead atoms. The van der Waals surface area contributed by atoms with Gasteiger partial charge in [-0.15, -0.1) is 0 Å². The van der Waals surface area contributed by atoms with Gasteiger partial charge in [0.25, 0.3) is 5.56 Å². The maximum absolute atomic E-state index is 13.0. The molecule has 1 aliphatic rings. The van der Waals surface area contributed by atoms with Crippen LogP contribution in [0.2, 0.25) is 0 Å². The van der Waals surface area contributed by atoms with Crippen molar-refractivity contribution in [2.75, 3.05) is 26.2 Å². The molecule has 0 spiro atoms. The van der Waals surface area contributed by atoms with Gasteiger partial charge >= 0.3 is 0 Å². The van der Waals surface area contributed by atoms with Gasteiger partial charge in [0.15, 0.2) is 0 Å². The van der Waals surface area contributed by atoms with Crippen LogP contribution in [0, 0.1) is 5.82 Å². The molecule has 3 heterocycles. The lowest BCUT2D eigenvalue weighted by atomic mass is 10.1. The van der Waals surface area contributed by atoms with Gasteiger partial charge in [-0.25, -0.2) is 9.37 Å². The molecule has 0 aliphatic carbocycles. The van der Waals surface area contributed by atoms with E-state index in [1.807, 2.05) is 6.07 Å². The minimum Gasteiger partial charge on any atom is -0.491 e. The summed E-state index contributed by atoms with van der Waals surface area (Å²) in [5.41, 5.74) is 0.575. The average molecular weight is 423 g/mol. The molecule has 1 fully saturated rings. The normalized spacial score (nSPS) is 14.4. The first-order chi connectivity index (χ1) is 15.2. The number of rotatable bonds is 8. The van der Waals surface area contributed by atoms with Crippen molar-refractivity contribution >= 4 is 0 Å². The number of aromatic nitrogens is 2. The van der Waals surface area contributed by atoms with Crippen molar-refractivity contribution in [1.82, 2.24) is 14.5 Å². The Balaban J connectivity index is 1.32. The summed E-state index contributed by atoms with van der Waals surface area (Å²) in [5.74, 6) is 1.35. The summed E-state index contributed by atoms with van der Waals surface area (Å²) in [6, 6.07) is 12.8. The van der Waals surface area contributed by atoms with E-state index in [9.17, 15) is 9.18 Å². The summed E-state index contributed by atoms with van der Waals surface area (Å²) in [6.45, 7) is 4.09. The fourth-order valence-corrected chi connectivity index (χ4v) is 3.56. The monoisotopic (exact) mass is 423 g/mol. The van der Waals surface area contributed by atoms with E-state index in [0.717, 1.165) is 25.2 Å². The van der Waals surface area contributed by atoms with E-state index < -0.39 is 0 Å². The van der Waals surface area contributed by atoms with E-state index in [0.29, 0.717) is 23.9 Å². The van der Waals surface area contributed by atoms with E-state index in [4.69, 9.17) is 9.47 Å². The van der Waals surface area contributed by atoms with Crippen LogP contribution < -0.4 is 15.0 Å². The van der Waals surface area contributed by atoms with Gasteiger partial charge in [0.1, 0.15) is 36.3 Å². The van der Waals surface area contributed by atoms with Crippen molar-refractivity contribution in [1.29, 1.82) is 0 Å². The molecule has 1 aromatic carbocycles. The number of pyridine rings is 2. The molecular weight excluding hydrogens is 397 g/mol. The van der Waals surface area contributed by atoms with Crippen LogP contribution in [0.15, 0.2) is 65.7 Å². The first-order valence-electron chi connectivity index (χ1n) is 10.6. The predicted molar refractivity (Wildman–Crippen MR) is 116 cm³/mol. The lowest BCUT2D eigenvalue weighted by molar-refractivity contribution is 0.183. The van der Waals surface area contributed by atoms with Gasteiger partial charge in [0.05, 0.1) is 6.20 Å². The summed E-state index contributed by atoms with van der Waals surface area (Å²) < 4.78 is 25.9. The third kappa shape index (κ3) is 5.92. The maximum Gasteiger partial charge on any atom is 0.259 e. The Bertz CT molecular complexity index is 1030. The number of hydrogen-bond acceptors (Lipinski definition) is 5. The van der Waals surface area contributed by atoms with E-state index in [1.165, 1.54) is 42.0 Å². The molecule has 0 atom stereocenters. The summed E-state index contributed by atoms with van der Waals surface area (Å²) in [4.78, 5) is 19.3. The largest absolute Gasteiger partial charge is 0.491 e. The molecule has 162 valence electrons. The molecule has 7 heteroatoms. The molecule has 0 N–H and O–H groups in total. The average Bonchev–Trinajstić information content (AvgIpc) is 2.80. The maximum atomic E-state index is 13.0. The number of halogens is 1. The van der Waals surface area contributed by atoms with E-state index in [2.05, 4.69) is 9.88 Å². The summed E-state index contributed by atoms with van der Waals surface area (Å²) in [5, 5.41) is 0. The van der Waals surface area contributed by atoms with Crippen molar-refractivity contribution in [2.45, 2.75) is 25.9 Å². The fourth-order valence-electron chi connectivity index (χ4n) is 3.56. The third-order valence-corrected chi connectivity index (χ3v) is 5.30. The molecule has 3 aromatic rings. The summed E-state index contributed by atoms with van der Waals surface area (Å²) in [6.07, 6.45) is 7.12. The quantitative estimate of drug-likeness (QED) is 0.551. The Labute approximate surface area is 180 Å². The Kier molecular flexibility index (Phi) is 6.94. The number of ether oxygens (including phenoxy) is 2. The van der Waals surface area contributed by atoms with Crippen LogP contribution in [-0.2, 0) is 6.61 Å². The van der Waals surface area contributed by atoms with Crippen molar-refractivity contribution in [2.24, 2.45) is 0 Å². The second-order valence-corrected chi connectivity index (χ2v) is 7.59. The number of benzene rings is 1. The molecule has 6 nitrogen and oxygen atoms in total. The topological polar surface area (TPSA) is 56.6 Å². The van der Waals surface area contributed by atoms with Crippen molar-refractivity contribution in [3.63, 3.8) is 0 Å². The fraction of sp³-hybridized carbons (Fsp3) is 0.333. The molecular formula is C24H26FN3O3. The highest BCUT2D eigenvalue weighted by atomic mass is 19.1. The molecule has 0 saturated carbocycles. The number of hydrogen-bond donors (Lipinski definition) is 0. The first-order valence-corrected chi connectivity index (χ1v) is 10.6. The number of nitrogens with zero attached hydrogens (tertiary/aromatic N) is 3. The Morgan fingerprint density at radius 2 is 1.74 bits per heavy atom. The number of likely N-dealkylation sites (tertiary alicyclic amines) is 1. The van der Waals surface area contributed by atoms with Crippen LogP contribution in [0.5, 0.6) is 11.5 Å². The molecule has 1 saturated heterocycles. The lowest BCUT2D eigenvalue weighted by Gasteiger charge is -2.26. The molecule has 31 heavy (non-hydrogen) atoms. The van der Waals surface area contributed by atoms with Crippen LogP contribution >= 0.6 is 0 Å². The number of piperidine rings is 1. The van der Waals surface area contributed by atoms with Crippen molar-refractivity contribution in [3.8, 4) is 17.3 Å². The van der Waals surface area contributed by atoms with E-state index >= 15 is 0 Å². The zero-order valence-electron chi connectivity index (χ0n) is 17.4. The predicted octanol–water partition coefficient (Wildman–Crippen LogP) is 3.82. The molecule has 0 amide bonds. The Morgan fingerprint density at radius 1 is 0.935 bits per heavy atom. The molecule has 2 aromatic heterocycles. The van der Waals surface area contributed by atoms with Crippen molar-refractivity contribution < 1.29 is 13.9 Å². The first kappa shape index (κ1) is 21.1. The Hall–Kier alpha value is -3.19. The van der Waals surface area contributed by atoms with E-state index in [-0.39, 0.29) is 18.0 Å². The molecule has 0 unspecified atom stereocenters. The van der Waals surface area contributed by atoms with Crippen LogP contribution in [0.3, 0.4) is 0 Å². The zero-order valence-corrected chi connectivity index (χ0v) is 17.4. The van der Waals surface area contributed by atoms with Crippen LogP contribution in [0.25, 0.3) is 5.82 Å². The van der Waals surface area contributed by atoms with Crippen LogP contribution in [0.1, 0.15) is 24.8 Å². The summed E-state index contributed by atoms with van der Waals surface area (Å²) >= 11 is 0. The third-order valence-electron chi connectivity index (χ3n) is 5.30. The minimum atomic E-state index is -0.294. The van der Waals surface area contributed by atoms with Gasteiger partial charge in [0, 0.05) is 18.8 Å². The lowest BCUT2D eigenvalue weighted by Crippen LogP contribution is -2.33. The SMILES string of the molecule is O=c1cc(OCc2ccc(F)cc2)ccn1-c1ccc(OCCN2CCCCC2)cn1. The van der Waals surface area contributed by atoms with Gasteiger partial charge in [-0.3, -0.25) is 14.3 Å². The van der Waals surface area contributed by atoms with Crippen molar-refractivity contribution in [3.05, 3.63) is 82.7 Å². The van der Waals surface area contributed by atoms with Gasteiger partial charge < -0.3 is 9.47 Å². The minimum absolute atomic E-state index is 0.247. The second-order valence-electron chi connectivity index (χ2n) is 7.59. The van der Waals surface area contributed by atoms with Crippen LogP contribution in [-0.4, -0.2) is 40.7 Å². The molecule has 4 rings (SSSR count). The van der Waals surface area contributed by atoms with Gasteiger partial charge in [0.2, 0.25) is 0 Å². The van der Waals surface area contributed by atoms with Crippen LogP contribution in [0.4, 0.5) is 4.39 Å². The smallest absolute Gasteiger partial charge is 0.259 e. The highest BCUT2D eigenvalue weighted by Crippen LogP contribution is 2.15. The van der Waals surface area contributed by atoms with Gasteiger partial charge in [-0.1, -0.05) is 18.6 Å². The van der Waals surface area contributed by atoms with Gasteiger partial charge in [-0.2, -0.15) is 0 Å². The standard InChI is InChI=1S/C24H26FN3O3/c25-20-6-4-19(5-7-20)18-31-21-10-13-28(24(29)16-21)23-9-8-22(17-26-23)30-15-14-27-11-2-1-3-12-27/h4-10,13,16-17H,1-3,11-12,14-15,18H2. The van der Waals surface area contributed by atoms with E-state index in [1.54, 1.807) is 36.7 Å². The second kappa shape index (κ2) is 10.2. The zero-order chi connectivity index (χ0) is 21.5. The van der Waals surface area contributed by atoms with Gasteiger partial charge in [-0.05, 0) is 61.8 Å². The summed E-state index contributed by atoms with van der Waals surface area (Å²) in [7, 11) is 0. The molecule has 0 radical (unpaired) electrons. The highest BCUT2D eigenvalue weighted by Gasteiger charge is 2.10.